The van der Waals surface area contributed by atoms with E-state index in [0.717, 1.165) is 6.42 Å². The lowest BCUT2D eigenvalue weighted by molar-refractivity contribution is 0.657. The lowest BCUT2D eigenvalue weighted by Gasteiger charge is -2.27. The molecule has 0 N–H and O–H groups in total. The highest BCUT2D eigenvalue weighted by molar-refractivity contribution is 6.18. The molecule has 0 heteroatoms. The SMILES string of the molecule is CC1(C)c2cc(-c3ccc4c5c(cccc35)-c3ccccc3-4)ccc2-c2ccc(C3CC=C4c5ccccc5-c5cccc3c54)cc21. The summed E-state index contributed by atoms with van der Waals surface area (Å²) < 4.78 is 0. The average molecular weight is 597 g/mol. The van der Waals surface area contributed by atoms with Gasteiger partial charge in [-0.3, -0.25) is 0 Å². The molecule has 11 rings (SSSR count). The summed E-state index contributed by atoms with van der Waals surface area (Å²) in [7, 11) is 0. The molecule has 0 nitrogen and oxygen atoms in total. The molecule has 0 heterocycles. The molecule has 7 aromatic carbocycles. The molecule has 7 aromatic rings. The number of hydrogen-bond donors (Lipinski definition) is 0. The Morgan fingerprint density at radius 2 is 1.09 bits per heavy atom. The van der Waals surface area contributed by atoms with Gasteiger partial charge in [0.2, 0.25) is 0 Å². The van der Waals surface area contributed by atoms with E-state index in [9.17, 15) is 0 Å². The van der Waals surface area contributed by atoms with Crippen molar-refractivity contribution in [1.29, 1.82) is 0 Å². The van der Waals surface area contributed by atoms with Crippen LogP contribution in [0.4, 0.5) is 0 Å². The van der Waals surface area contributed by atoms with Crippen molar-refractivity contribution in [2.45, 2.75) is 31.6 Å². The highest BCUT2D eigenvalue weighted by Gasteiger charge is 2.38. The summed E-state index contributed by atoms with van der Waals surface area (Å²) in [6, 6.07) is 50.8. The molecular weight excluding hydrogens is 565 g/mol. The molecule has 0 aliphatic heterocycles. The Morgan fingerprint density at radius 1 is 0.489 bits per heavy atom. The summed E-state index contributed by atoms with van der Waals surface area (Å²) in [5, 5.41) is 2.73. The van der Waals surface area contributed by atoms with Gasteiger partial charge in [0.05, 0.1) is 0 Å². The van der Waals surface area contributed by atoms with Crippen molar-refractivity contribution < 1.29 is 0 Å². The average Bonchev–Trinajstić information content (AvgIpc) is 3.70. The first kappa shape index (κ1) is 25.7. The minimum atomic E-state index is -0.0910. The van der Waals surface area contributed by atoms with Gasteiger partial charge in [0.25, 0.3) is 0 Å². The summed E-state index contributed by atoms with van der Waals surface area (Å²) in [6.07, 6.45) is 3.53. The van der Waals surface area contributed by atoms with Crippen LogP contribution < -0.4 is 0 Å². The van der Waals surface area contributed by atoms with Crippen LogP contribution in [0, 0.1) is 0 Å². The Hall–Kier alpha value is -5.46. The predicted molar refractivity (Wildman–Crippen MR) is 197 cm³/mol. The van der Waals surface area contributed by atoms with Gasteiger partial charge >= 0.3 is 0 Å². The molecule has 0 saturated carbocycles. The topological polar surface area (TPSA) is 0 Å². The second-order valence-corrected chi connectivity index (χ2v) is 14.3. The standard InChI is InChI=1S/C47H32/c1-47(2)43-25-27(29-21-23-41-33-11-5-3-9-31(33)39-15-7-13-37(29)45(39)41)17-19-35(43)36-20-18-28(26-44(36)47)30-22-24-42-34-12-6-4-10-32(34)40-16-8-14-38(30)46(40)42/h3-21,23-26,30H,22H2,1-2H3. The third kappa shape index (κ3) is 3.23. The largest absolute Gasteiger partial charge is 0.0751 e. The van der Waals surface area contributed by atoms with Gasteiger partial charge in [-0.2, -0.15) is 0 Å². The van der Waals surface area contributed by atoms with Gasteiger partial charge in [-0.1, -0.05) is 147 Å². The molecule has 0 bridgehead atoms. The fraction of sp³-hybridized carbons (Fsp3) is 0.106. The molecule has 0 amide bonds. The zero-order valence-electron chi connectivity index (χ0n) is 26.6. The summed E-state index contributed by atoms with van der Waals surface area (Å²) in [5.41, 5.74) is 23.5. The maximum absolute atomic E-state index is 2.54. The van der Waals surface area contributed by atoms with Gasteiger partial charge in [-0.05, 0) is 118 Å². The van der Waals surface area contributed by atoms with Crippen LogP contribution in [0.15, 0.2) is 140 Å². The van der Waals surface area contributed by atoms with Crippen LogP contribution in [0.3, 0.4) is 0 Å². The zero-order chi connectivity index (χ0) is 31.0. The molecule has 1 atom stereocenters. The minimum absolute atomic E-state index is 0.0910. The fourth-order valence-corrected chi connectivity index (χ4v) is 9.56. The third-order valence-electron chi connectivity index (χ3n) is 11.8. The van der Waals surface area contributed by atoms with Gasteiger partial charge in [-0.25, -0.2) is 0 Å². The van der Waals surface area contributed by atoms with Crippen LogP contribution in [0.2, 0.25) is 0 Å². The number of hydrogen-bond acceptors (Lipinski definition) is 0. The van der Waals surface area contributed by atoms with Crippen LogP contribution in [0.1, 0.15) is 59.6 Å². The van der Waals surface area contributed by atoms with Crippen LogP contribution >= 0.6 is 0 Å². The molecule has 4 aliphatic carbocycles. The summed E-state index contributed by atoms with van der Waals surface area (Å²) in [5.74, 6) is 0.362. The van der Waals surface area contributed by atoms with Crippen molar-refractivity contribution in [2.75, 3.05) is 0 Å². The molecule has 220 valence electrons. The Balaban J connectivity index is 1.01. The Kier molecular flexibility index (Phi) is 4.85. The highest BCUT2D eigenvalue weighted by Crippen LogP contribution is 2.55. The second kappa shape index (κ2) is 8.87. The van der Waals surface area contributed by atoms with Gasteiger partial charge < -0.3 is 0 Å². The summed E-state index contributed by atoms with van der Waals surface area (Å²) in [4.78, 5) is 0. The third-order valence-corrected chi connectivity index (χ3v) is 11.8. The summed E-state index contributed by atoms with van der Waals surface area (Å²) >= 11 is 0. The zero-order valence-corrected chi connectivity index (χ0v) is 26.6. The van der Waals surface area contributed by atoms with E-state index >= 15 is 0 Å². The second-order valence-electron chi connectivity index (χ2n) is 14.3. The maximum Gasteiger partial charge on any atom is 0.0159 e. The number of rotatable bonds is 2. The van der Waals surface area contributed by atoms with Crippen molar-refractivity contribution in [2.24, 2.45) is 0 Å². The Bertz CT molecular complexity index is 2540. The quantitative estimate of drug-likeness (QED) is 0.186. The Labute approximate surface area is 275 Å². The summed E-state index contributed by atoms with van der Waals surface area (Å²) in [6.45, 7) is 4.84. The van der Waals surface area contributed by atoms with Gasteiger partial charge in [-0.15, -0.1) is 0 Å². The van der Waals surface area contributed by atoms with Crippen molar-refractivity contribution >= 4 is 16.3 Å². The molecule has 0 aromatic heterocycles. The molecule has 0 radical (unpaired) electrons. The molecule has 4 aliphatic rings. The van der Waals surface area contributed by atoms with E-state index in [4.69, 9.17) is 0 Å². The molecule has 47 heavy (non-hydrogen) atoms. The lowest BCUT2D eigenvalue weighted by Crippen LogP contribution is -2.16. The normalized spacial score (nSPS) is 16.7. The van der Waals surface area contributed by atoms with Crippen molar-refractivity contribution in [3.8, 4) is 55.6 Å². The Morgan fingerprint density at radius 3 is 1.89 bits per heavy atom. The minimum Gasteiger partial charge on any atom is -0.0751 e. The first-order valence-corrected chi connectivity index (χ1v) is 17.0. The first-order valence-electron chi connectivity index (χ1n) is 17.0. The van der Waals surface area contributed by atoms with E-state index in [2.05, 4.69) is 153 Å². The first-order chi connectivity index (χ1) is 23.1. The number of allylic oxidation sites excluding steroid dienone is 1. The molecule has 1 unspecified atom stereocenters. The van der Waals surface area contributed by atoms with Crippen LogP contribution in [0.5, 0.6) is 0 Å². The van der Waals surface area contributed by atoms with Crippen LogP contribution in [0.25, 0.3) is 72.0 Å². The predicted octanol–water partition coefficient (Wildman–Crippen LogP) is 12.4. The smallest absolute Gasteiger partial charge is 0.0159 e. The van der Waals surface area contributed by atoms with E-state index in [1.165, 1.54) is 105 Å². The van der Waals surface area contributed by atoms with E-state index in [-0.39, 0.29) is 5.41 Å². The van der Waals surface area contributed by atoms with Crippen molar-refractivity contribution in [1.82, 2.24) is 0 Å². The fourth-order valence-electron chi connectivity index (χ4n) is 9.56. The molecule has 0 spiro atoms. The van der Waals surface area contributed by atoms with Crippen LogP contribution in [-0.4, -0.2) is 0 Å². The van der Waals surface area contributed by atoms with Gasteiger partial charge in [0.15, 0.2) is 0 Å². The highest BCUT2D eigenvalue weighted by atomic mass is 14.4. The van der Waals surface area contributed by atoms with E-state index in [1.807, 2.05) is 0 Å². The molecular formula is C47H32. The monoisotopic (exact) mass is 596 g/mol. The van der Waals surface area contributed by atoms with E-state index < -0.39 is 0 Å². The lowest BCUT2D eigenvalue weighted by atomic mass is 9.76. The van der Waals surface area contributed by atoms with E-state index in [0.29, 0.717) is 5.92 Å². The van der Waals surface area contributed by atoms with E-state index in [1.54, 1.807) is 0 Å². The molecule has 0 saturated heterocycles. The van der Waals surface area contributed by atoms with Crippen molar-refractivity contribution in [3.05, 3.63) is 173 Å². The van der Waals surface area contributed by atoms with Crippen LogP contribution in [-0.2, 0) is 5.41 Å². The molecule has 0 fully saturated rings. The maximum atomic E-state index is 2.54. The number of fused-ring (bicyclic) bond motifs is 9. The number of benzene rings is 7. The van der Waals surface area contributed by atoms with Crippen molar-refractivity contribution in [3.63, 3.8) is 0 Å². The van der Waals surface area contributed by atoms with Gasteiger partial charge in [0, 0.05) is 11.3 Å². The van der Waals surface area contributed by atoms with Gasteiger partial charge in [0.1, 0.15) is 0 Å².